The molecule has 0 radical (unpaired) electrons. The van der Waals surface area contributed by atoms with E-state index < -0.39 is 0 Å². The summed E-state index contributed by atoms with van der Waals surface area (Å²) in [5.41, 5.74) is 2.25. The van der Waals surface area contributed by atoms with Crippen molar-refractivity contribution in [3.8, 4) is 5.75 Å². The van der Waals surface area contributed by atoms with Crippen LogP contribution in [-0.4, -0.2) is 17.8 Å². The Morgan fingerprint density at radius 2 is 2.00 bits per heavy atom. The lowest BCUT2D eigenvalue weighted by molar-refractivity contribution is 0.363. The van der Waals surface area contributed by atoms with Crippen LogP contribution in [0.4, 0.5) is 5.69 Å². The van der Waals surface area contributed by atoms with Crippen LogP contribution in [0, 0.1) is 0 Å². The fourth-order valence-corrected chi connectivity index (χ4v) is 2.63. The molecule has 3 nitrogen and oxygen atoms in total. The summed E-state index contributed by atoms with van der Waals surface area (Å²) in [4.78, 5) is 0. The summed E-state index contributed by atoms with van der Waals surface area (Å²) in [6.07, 6.45) is 3.78. The topological polar surface area (TPSA) is 33.3 Å². The fraction of sp³-hybridized carbons (Fsp3) is 0.250. The molecule has 1 atom stereocenters. The second-order valence-electron chi connectivity index (χ2n) is 5.65. The number of rotatable bonds is 8. The van der Waals surface area contributed by atoms with E-state index in [-0.39, 0.29) is 0 Å². The second-order valence-corrected chi connectivity index (χ2v) is 6.06. The number of benzene rings is 2. The normalized spacial score (nSPS) is 11.4. The monoisotopic (exact) mass is 340 g/mol. The van der Waals surface area contributed by atoms with Gasteiger partial charge >= 0.3 is 0 Å². The summed E-state index contributed by atoms with van der Waals surface area (Å²) in [6, 6.07) is 18.5. The predicted octanol–water partition coefficient (Wildman–Crippen LogP) is 4.56. The molecule has 2 aromatic carbocycles. The molecule has 0 aliphatic rings. The highest BCUT2D eigenvalue weighted by Crippen LogP contribution is 2.17. The van der Waals surface area contributed by atoms with Crippen molar-refractivity contribution in [3.05, 3.63) is 72.8 Å². The van der Waals surface area contributed by atoms with E-state index in [9.17, 15) is 0 Å². The molecule has 0 amide bonds. The zero-order valence-corrected chi connectivity index (χ0v) is 14.8. The van der Waals surface area contributed by atoms with Gasteiger partial charge in [0.05, 0.1) is 0 Å². The number of aryl methyl sites for hydroxylation is 1. The lowest BCUT2D eigenvalue weighted by Gasteiger charge is -2.17. The zero-order valence-electron chi connectivity index (χ0n) is 14.0. The lowest BCUT2D eigenvalue weighted by Crippen LogP contribution is -2.36. The number of anilines is 1. The molecule has 2 N–H and O–H groups in total. The minimum atomic E-state index is 0.297. The summed E-state index contributed by atoms with van der Waals surface area (Å²) in [5.74, 6) is 0.792. The average Bonchev–Trinajstić information content (AvgIpc) is 2.59. The molecule has 0 saturated carbocycles. The Kier molecular flexibility index (Phi) is 7.30. The third-order valence-corrected chi connectivity index (χ3v) is 3.77. The molecule has 0 aliphatic carbocycles. The maximum absolute atomic E-state index is 5.52. The fourth-order valence-electron chi connectivity index (χ4n) is 2.31. The molecule has 0 spiro atoms. The first-order valence-electron chi connectivity index (χ1n) is 8.12. The van der Waals surface area contributed by atoms with E-state index in [4.69, 9.17) is 17.0 Å². The molecular formula is C20H24N2OS. The van der Waals surface area contributed by atoms with Gasteiger partial charge in [-0.3, -0.25) is 0 Å². The standard InChI is InChI=1S/C20H24N2OS/c1-3-14-23-19-11-7-10-18(15-19)22-20(24)21-16(2)12-13-17-8-5-4-6-9-17/h3-11,15-16H,1,12-14H2,2H3,(H2,21,22,24)/t16-/m0/s1. The van der Waals surface area contributed by atoms with E-state index in [0.29, 0.717) is 17.8 Å². The van der Waals surface area contributed by atoms with Gasteiger partial charge in [-0.15, -0.1) is 0 Å². The minimum Gasteiger partial charge on any atom is -0.489 e. The van der Waals surface area contributed by atoms with Gasteiger partial charge in [0.2, 0.25) is 0 Å². The molecule has 2 rings (SSSR count). The van der Waals surface area contributed by atoms with Crippen LogP contribution in [0.25, 0.3) is 0 Å². The van der Waals surface area contributed by atoms with Crippen molar-refractivity contribution in [2.45, 2.75) is 25.8 Å². The van der Waals surface area contributed by atoms with Crippen molar-refractivity contribution >= 4 is 23.0 Å². The number of hydrogen-bond acceptors (Lipinski definition) is 2. The van der Waals surface area contributed by atoms with Gasteiger partial charge in [-0.25, -0.2) is 0 Å². The van der Waals surface area contributed by atoms with E-state index in [0.717, 1.165) is 24.3 Å². The van der Waals surface area contributed by atoms with Gasteiger partial charge in [-0.1, -0.05) is 49.1 Å². The van der Waals surface area contributed by atoms with Gasteiger partial charge in [0.1, 0.15) is 12.4 Å². The minimum absolute atomic E-state index is 0.297. The van der Waals surface area contributed by atoms with Gasteiger partial charge in [0, 0.05) is 17.8 Å². The van der Waals surface area contributed by atoms with Gasteiger partial charge in [-0.2, -0.15) is 0 Å². The Balaban J connectivity index is 1.78. The molecule has 0 aromatic heterocycles. The van der Waals surface area contributed by atoms with Gasteiger partial charge in [-0.05, 0) is 49.7 Å². The third kappa shape index (κ3) is 6.42. The quantitative estimate of drug-likeness (QED) is 0.545. The van der Waals surface area contributed by atoms with E-state index in [1.165, 1.54) is 5.56 Å². The Bertz CT molecular complexity index is 658. The van der Waals surface area contributed by atoms with Crippen LogP contribution in [0.1, 0.15) is 18.9 Å². The molecule has 0 heterocycles. The van der Waals surface area contributed by atoms with Crippen LogP contribution in [0.15, 0.2) is 67.3 Å². The van der Waals surface area contributed by atoms with Crippen molar-refractivity contribution in [2.75, 3.05) is 11.9 Å². The highest BCUT2D eigenvalue weighted by atomic mass is 32.1. The highest BCUT2D eigenvalue weighted by molar-refractivity contribution is 7.80. The first-order chi connectivity index (χ1) is 11.7. The van der Waals surface area contributed by atoms with Gasteiger partial charge < -0.3 is 15.4 Å². The molecule has 4 heteroatoms. The molecule has 126 valence electrons. The first-order valence-corrected chi connectivity index (χ1v) is 8.53. The molecule has 0 unspecified atom stereocenters. The Labute approximate surface area is 149 Å². The number of hydrogen-bond donors (Lipinski definition) is 2. The average molecular weight is 340 g/mol. The maximum atomic E-state index is 5.52. The van der Waals surface area contributed by atoms with Crippen molar-refractivity contribution in [1.82, 2.24) is 5.32 Å². The van der Waals surface area contributed by atoms with E-state index in [1.807, 2.05) is 30.3 Å². The van der Waals surface area contributed by atoms with Crippen molar-refractivity contribution in [3.63, 3.8) is 0 Å². The Morgan fingerprint density at radius 1 is 1.21 bits per heavy atom. The smallest absolute Gasteiger partial charge is 0.170 e. The summed E-state index contributed by atoms with van der Waals surface area (Å²) in [5, 5.41) is 7.15. The summed E-state index contributed by atoms with van der Waals surface area (Å²) in [7, 11) is 0. The van der Waals surface area contributed by atoms with E-state index in [2.05, 4.69) is 48.4 Å². The molecule has 24 heavy (non-hydrogen) atoms. The van der Waals surface area contributed by atoms with Gasteiger partial charge in [0.15, 0.2) is 5.11 Å². The van der Waals surface area contributed by atoms with Crippen LogP contribution < -0.4 is 15.4 Å². The van der Waals surface area contributed by atoms with Crippen LogP contribution in [0.5, 0.6) is 5.75 Å². The van der Waals surface area contributed by atoms with Crippen LogP contribution in [-0.2, 0) is 6.42 Å². The third-order valence-electron chi connectivity index (χ3n) is 3.55. The Hall–Kier alpha value is -2.33. The highest BCUT2D eigenvalue weighted by Gasteiger charge is 2.05. The van der Waals surface area contributed by atoms with E-state index >= 15 is 0 Å². The number of nitrogens with one attached hydrogen (secondary N) is 2. The predicted molar refractivity (Wildman–Crippen MR) is 106 cm³/mol. The van der Waals surface area contributed by atoms with Crippen molar-refractivity contribution < 1.29 is 4.74 Å². The summed E-state index contributed by atoms with van der Waals surface area (Å²) in [6.45, 7) is 6.28. The molecule has 0 fully saturated rings. The lowest BCUT2D eigenvalue weighted by atomic mass is 10.1. The van der Waals surface area contributed by atoms with Crippen molar-refractivity contribution in [1.29, 1.82) is 0 Å². The zero-order chi connectivity index (χ0) is 17.2. The maximum Gasteiger partial charge on any atom is 0.170 e. The first kappa shape index (κ1) is 18.0. The summed E-state index contributed by atoms with van der Waals surface area (Å²) < 4.78 is 5.52. The molecule has 0 aliphatic heterocycles. The molecule has 0 saturated heterocycles. The van der Waals surface area contributed by atoms with Crippen LogP contribution >= 0.6 is 12.2 Å². The second kappa shape index (κ2) is 9.73. The summed E-state index contributed by atoms with van der Waals surface area (Å²) >= 11 is 5.39. The van der Waals surface area contributed by atoms with Crippen LogP contribution in [0.3, 0.4) is 0 Å². The molecular weight excluding hydrogens is 316 g/mol. The molecule has 2 aromatic rings. The number of ether oxygens (including phenoxy) is 1. The Morgan fingerprint density at radius 3 is 2.75 bits per heavy atom. The van der Waals surface area contributed by atoms with E-state index in [1.54, 1.807) is 6.08 Å². The van der Waals surface area contributed by atoms with Crippen molar-refractivity contribution in [2.24, 2.45) is 0 Å². The largest absolute Gasteiger partial charge is 0.489 e. The number of thiocarbonyl (C=S) groups is 1. The van der Waals surface area contributed by atoms with Crippen LogP contribution in [0.2, 0.25) is 0 Å². The SMILES string of the molecule is C=CCOc1cccc(NC(=S)N[C@@H](C)CCc2ccccc2)c1. The van der Waals surface area contributed by atoms with Gasteiger partial charge in [0.25, 0.3) is 0 Å². The molecule has 0 bridgehead atoms.